The standard InChI is InChI=1S/C14H12FN/c1-10(2)11-5-7-12(8-6-11)14-13(15)4-3-9-16-14/h3-9H,1H2,2H3. The molecule has 1 aromatic heterocycles. The van der Waals surface area contributed by atoms with Crippen molar-refractivity contribution in [1.29, 1.82) is 0 Å². The molecule has 0 aliphatic carbocycles. The van der Waals surface area contributed by atoms with Gasteiger partial charge in [-0.25, -0.2) is 4.39 Å². The summed E-state index contributed by atoms with van der Waals surface area (Å²) in [4.78, 5) is 4.03. The Hall–Kier alpha value is -1.96. The van der Waals surface area contributed by atoms with E-state index in [1.54, 1.807) is 12.3 Å². The van der Waals surface area contributed by atoms with Crippen molar-refractivity contribution in [2.24, 2.45) is 0 Å². The van der Waals surface area contributed by atoms with Gasteiger partial charge >= 0.3 is 0 Å². The van der Waals surface area contributed by atoms with Crippen LogP contribution >= 0.6 is 0 Å². The minimum atomic E-state index is -0.300. The molecular formula is C14H12FN. The molecule has 0 saturated carbocycles. The van der Waals surface area contributed by atoms with Crippen LogP contribution in [0.1, 0.15) is 12.5 Å². The molecule has 1 heterocycles. The molecule has 0 atom stereocenters. The van der Waals surface area contributed by atoms with E-state index in [0.29, 0.717) is 5.69 Å². The van der Waals surface area contributed by atoms with Crippen molar-refractivity contribution >= 4 is 5.57 Å². The smallest absolute Gasteiger partial charge is 0.149 e. The highest BCUT2D eigenvalue weighted by Crippen LogP contribution is 2.22. The maximum Gasteiger partial charge on any atom is 0.149 e. The van der Waals surface area contributed by atoms with Crippen LogP contribution < -0.4 is 0 Å². The van der Waals surface area contributed by atoms with Crippen LogP contribution in [-0.2, 0) is 0 Å². The maximum atomic E-state index is 13.5. The summed E-state index contributed by atoms with van der Waals surface area (Å²) >= 11 is 0. The van der Waals surface area contributed by atoms with E-state index in [1.807, 2.05) is 31.2 Å². The third-order valence-electron chi connectivity index (χ3n) is 2.41. The van der Waals surface area contributed by atoms with Gasteiger partial charge in [-0.3, -0.25) is 4.98 Å². The second-order valence-corrected chi connectivity index (χ2v) is 3.69. The molecule has 0 unspecified atom stereocenters. The summed E-state index contributed by atoms with van der Waals surface area (Å²) in [7, 11) is 0. The Bertz CT molecular complexity index is 515. The van der Waals surface area contributed by atoms with Crippen molar-refractivity contribution in [1.82, 2.24) is 4.98 Å². The van der Waals surface area contributed by atoms with E-state index >= 15 is 0 Å². The first-order valence-electron chi connectivity index (χ1n) is 5.05. The first-order chi connectivity index (χ1) is 7.68. The van der Waals surface area contributed by atoms with Crippen LogP contribution in [0.15, 0.2) is 49.2 Å². The van der Waals surface area contributed by atoms with E-state index in [9.17, 15) is 4.39 Å². The lowest BCUT2D eigenvalue weighted by Gasteiger charge is -2.04. The zero-order chi connectivity index (χ0) is 11.5. The Balaban J connectivity index is 2.43. The third kappa shape index (κ3) is 2.01. The maximum absolute atomic E-state index is 13.5. The molecule has 2 heteroatoms. The van der Waals surface area contributed by atoms with Crippen LogP contribution in [0.5, 0.6) is 0 Å². The van der Waals surface area contributed by atoms with Gasteiger partial charge in [-0.1, -0.05) is 36.4 Å². The lowest BCUT2D eigenvalue weighted by atomic mass is 10.0. The Morgan fingerprint density at radius 1 is 1.19 bits per heavy atom. The number of hydrogen-bond acceptors (Lipinski definition) is 1. The van der Waals surface area contributed by atoms with E-state index in [0.717, 1.165) is 16.7 Å². The highest BCUT2D eigenvalue weighted by molar-refractivity contribution is 5.66. The van der Waals surface area contributed by atoms with Crippen LogP contribution in [0.3, 0.4) is 0 Å². The number of benzene rings is 1. The predicted octanol–water partition coefficient (Wildman–Crippen LogP) is 3.92. The quantitative estimate of drug-likeness (QED) is 0.736. The molecule has 0 aliphatic heterocycles. The molecule has 0 spiro atoms. The van der Waals surface area contributed by atoms with E-state index in [2.05, 4.69) is 11.6 Å². The molecule has 0 saturated heterocycles. The molecule has 16 heavy (non-hydrogen) atoms. The lowest BCUT2D eigenvalue weighted by Crippen LogP contribution is -1.88. The highest BCUT2D eigenvalue weighted by Gasteiger charge is 2.05. The van der Waals surface area contributed by atoms with Gasteiger partial charge in [0.2, 0.25) is 0 Å². The minimum absolute atomic E-state index is 0.300. The van der Waals surface area contributed by atoms with Crippen LogP contribution in [0.2, 0.25) is 0 Å². The fraction of sp³-hybridized carbons (Fsp3) is 0.0714. The van der Waals surface area contributed by atoms with Crippen LogP contribution in [0.25, 0.3) is 16.8 Å². The molecule has 0 N–H and O–H groups in total. The first kappa shape index (κ1) is 10.6. The van der Waals surface area contributed by atoms with Crippen molar-refractivity contribution < 1.29 is 4.39 Å². The summed E-state index contributed by atoms with van der Waals surface area (Å²) in [6, 6.07) is 10.6. The Labute approximate surface area is 94.3 Å². The molecule has 0 aliphatic rings. The van der Waals surface area contributed by atoms with Gasteiger partial charge in [0.1, 0.15) is 11.5 Å². The Kier molecular flexibility index (Phi) is 2.82. The van der Waals surface area contributed by atoms with Gasteiger partial charge in [0.05, 0.1) is 0 Å². The van der Waals surface area contributed by atoms with E-state index < -0.39 is 0 Å². The monoisotopic (exact) mass is 213 g/mol. The van der Waals surface area contributed by atoms with Crippen molar-refractivity contribution in [3.05, 3.63) is 60.6 Å². The molecule has 2 rings (SSSR count). The summed E-state index contributed by atoms with van der Waals surface area (Å²) in [5.41, 5.74) is 3.21. The van der Waals surface area contributed by atoms with Gasteiger partial charge in [0.25, 0.3) is 0 Å². The SMILES string of the molecule is C=C(C)c1ccc(-c2ncccc2F)cc1. The molecule has 0 bridgehead atoms. The molecular weight excluding hydrogens is 201 g/mol. The molecule has 0 amide bonds. The van der Waals surface area contributed by atoms with Crippen molar-refractivity contribution in [2.75, 3.05) is 0 Å². The summed E-state index contributed by atoms with van der Waals surface area (Å²) in [6.45, 7) is 5.80. The van der Waals surface area contributed by atoms with Gasteiger partial charge in [0, 0.05) is 11.8 Å². The molecule has 1 nitrogen and oxygen atoms in total. The third-order valence-corrected chi connectivity index (χ3v) is 2.41. The van der Waals surface area contributed by atoms with Gasteiger partial charge in [-0.15, -0.1) is 0 Å². The van der Waals surface area contributed by atoms with Crippen LogP contribution in [0.4, 0.5) is 4.39 Å². The summed E-state index contributed by atoms with van der Waals surface area (Å²) in [6.07, 6.45) is 1.59. The van der Waals surface area contributed by atoms with Gasteiger partial charge in [-0.05, 0) is 24.6 Å². The number of aromatic nitrogens is 1. The molecule has 0 fully saturated rings. The summed E-state index contributed by atoms with van der Waals surface area (Å²) in [5.74, 6) is -0.300. The first-order valence-corrected chi connectivity index (χ1v) is 5.05. The fourth-order valence-corrected chi connectivity index (χ4v) is 1.51. The van der Waals surface area contributed by atoms with Crippen LogP contribution in [0, 0.1) is 5.82 Å². The van der Waals surface area contributed by atoms with E-state index in [4.69, 9.17) is 0 Å². The Morgan fingerprint density at radius 2 is 1.88 bits per heavy atom. The zero-order valence-corrected chi connectivity index (χ0v) is 9.07. The largest absolute Gasteiger partial charge is 0.253 e. The number of nitrogens with zero attached hydrogens (tertiary/aromatic N) is 1. The zero-order valence-electron chi connectivity index (χ0n) is 9.07. The van der Waals surface area contributed by atoms with E-state index in [1.165, 1.54) is 6.07 Å². The van der Waals surface area contributed by atoms with Gasteiger partial charge in [-0.2, -0.15) is 0 Å². The van der Waals surface area contributed by atoms with Crippen molar-refractivity contribution in [3.8, 4) is 11.3 Å². The number of halogens is 1. The average Bonchev–Trinajstić information content (AvgIpc) is 2.30. The summed E-state index contributed by atoms with van der Waals surface area (Å²) in [5, 5.41) is 0. The second kappa shape index (κ2) is 4.27. The fourth-order valence-electron chi connectivity index (χ4n) is 1.51. The van der Waals surface area contributed by atoms with Gasteiger partial charge < -0.3 is 0 Å². The molecule has 2 aromatic rings. The molecule has 80 valence electrons. The van der Waals surface area contributed by atoms with Crippen molar-refractivity contribution in [3.63, 3.8) is 0 Å². The second-order valence-electron chi connectivity index (χ2n) is 3.69. The summed E-state index contributed by atoms with van der Waals surface area (Å²) < 4.78 is 13.5. The number of hydrogen-bond donors (Lipinski definition) is 0. The topological polar surface area (TPSA) is 12.9 Å². The van der Waals surface area contributed by atoms with Crippen LogP contribution in [-0.4, -0.2) is 4.98 Å². The predicted molar refractivity (Wildman–Crippen MR) is 64.3 cm³/mol. The minimum Gasteiger partial charge on any atom is -0.253 e. The number of rotatable bonds is 2. The highest BCUT2D eigenvalue weighted by atomic mass is 19.1. The number of pyridine rings is 1. The lowest BCUT2D eigenvalue weighted by molar-refractivity contribution is 0.626. The molecule has 1 aromatic carbocycles. The van der Waals surface area contributed by atoms with E-state index in [-0.39, 0.29) is 5.82 Å². The average molecular weight is 213 g/mol. The Morgan fingerprint density at radius 3 is 2.44 bits per heavy atom. The number of allylic oxidation sites excluding steroid dienone is 1. The normalized spacial score (nSPS) is 10.1. The van der Waals surface area contributed by atoms with Crippen molar-refractivity contribution in [2.45, 2.75) is 6.92 Å². The molecule has 0 radical (unpaired) electrons. The van der Waals surface area contributed by atoms with Gasteiger partial charge in [0.15, 0.2) is 0 Å².